The maximum absolute atomic E-state index is 13.1. The van der Waals surface area contributed by atoms with Crippen LogP contribution < -0.4 is 10.1 Å². The van der Waals surface area contributed by atoms with Crippen LogP contribution in [0.3, 0.4) is 0 Å². The molecule has 0 saturated heterocycles. The molecule has 1 amide bonds. The van der Waals surface area contributed by atoms with Crippen molar-refractivity contribution >= 4 is 17.7 Å². The molecule has 0 bridgehead atoms. The van der Waals surface area contributed by atoms with Gasteiger partial charge in [-0.25, -0.2) is 0 Å². The van der Waals surface area contributed by atoms with Gasteiger partial charge in [-0.05, 0) is 35.4 Å². The summed E-state index contributed by atoms with van der Waals surface area (Å²) in [7, 11) is 1.61. The number of aromatic nitrogens is 3. The number of nitrogens with zero attached hydrogens (tertiary/aromatic N) is 3. The lowest BCUT2D eigenvalue weighted by Gasteiger charge is -2.20. The lowest BCUT2D eigenvalue weighted by Crippen LogP contribution is -2.30. The van der Waals surface area contributed by atoms with Crippen molar-refractivity contribution in [3.8, 4) is 23.0 Å². The van der Waals surface area contributed by atoms with Gasteiger partial charge in [0.1, 0.15) is 5.75 Å². The summed E-state index contributed by atoms with van der Waals surface area (Å²) in [5.74, 6) is 1.79. The molecule has 8 heteroatoms. The van der Waals surface area contributed by atoms with Gasteiger partial charge in [0.25, 0.3) is 0 Å². The number of hydrogen-bond donors (Lipinski definition) is 1. The number of carbonyl (C=O) groups excluding carboxylic acids is 1. The Morgan fingerprint density at radius 2 is 1.58 bits per heavy atom. The first-order valence-corrected chi connectivity index (χ1v) is 12.4. The van der Waals surface area contributed by atoms with Crippen LogP contribution in [0, 0.1) is 0 Å². The van der Waals surface area contributed by atoms with Gasteiger partial charge in [-0.1, -0.05) is 84.6 Å². The molecule has 3 aromatic carbocycles. The lowest BCUT2D eigenvalue weighted by atomic mass is 9.99. The number of rotatable bonds is 9. The average molecular weight is 497 g/mol. The van der Waals surface area contributed by atoms with Crippen molar-refractivity contribution in [3.05, 3.63) is 114 Å². The van der Waals surface area contributed by atoms with Crippen LogP contribution in [0.5, 0.6) is 5.75 Å². The summed E-state index contributed by atoms with van der Waals surface area (Å²) >= 11 is 1.30. The number of nitrogens with one attached hydrogen (secondary N) is 1. The van der Waals surface area contributed by atoms with Crippen LogP contribution in [-0.4, -0.2) is 33.5 Å². The van der Waals surface area contributed by atoms with E-state index in [9.17, 15) is 4.79 Å². The number of benzene rings is 3. The average Bonchev–Trinajstić information content (AvgIpc) is 3.61. The van der Waals surface area contributed by atoms with E-state index in [1.165, 1.54) is 11.8 Å². The first-order valence-electron chi connectivity index (χ1n) is 11.4. The number of amides is 1. The molecule has 0 radical (unpaired) electrons. The molecule has 0 aliphatic heterocycles. The monoisotopic (exact) mass is 496 g/mol. The van der Waals surface area contributed by atoms with Gasteiger partial charge in [0.05, 0.1) is 30.9 Å². The fraction of sp³-hybridized carbons (Fsp3) is 0.107. The van der Waals surface area contributed by atoms with Gasteiger partial charge in [0.2, 0.25) is 11.7 Å². The highest BCUT2D eigenvalue weighted by molar-refractivity contribution is 7.99. The van der Waals surface area contributed by atoms with Gasteiger partial charge >= 0.3 is 0 Å². The van der Waals surface area contributed by atoms with Crippen molar-refractivity contribution in [1.82, 2.24) is 20.1 Å². The van der Waals surface area contributed by atoms with Crippen LogP contribution in [0.15, 0.2) is 113 Å². The van der Waals surface area contributed by atoms with Crippen molar-refractivity contribution in [1.29, 1.82) is 0 Å². The van der Waals surface area contributed by atoms with Gasteiger partial charge < -0.3 is 14.5 Å². The van der Waals surface area contributed by atoms with Gasteiger partial charge in [-0.3, -0.25) is 9.36 Å². The topological polar surface area (TPSA) is 82.2 Å². The summed E-state index contributed by atoms with van der Waals surface area (Å²) in [6.07, 6.45) is 1.59. The SMILES string of the molecule is COc1ccccc1-n1c(SCC(=O)NC(c2ccccc2)c2ccccc2)nnc1-c1ccco1. The molecule has 36 heavy (non-hydrogen) atoms. The zero-order valence-corrected chi connectivity index (χ0v) is 20.4. The summed E-state index contributed by atoms with van der Waals surface area (Å²) < 4.78 is 13.0. The predicted octanol–water partition coefficient (Wildman–Crippen LogP) is 5.53. The first kappa shape index (κ1) is 23.4. The Morgan fingerprint density at radius 3 is 2.22 bits per heavy atom. The van der Waals surface area contributed by atoms with Crippen LogP contribution >= 0.6 is 11.8 Å². The van der Waals surface area contributed by atoms with Crippen LogP contribution in [0.25, 0.3) is 17.3 Å². The van der Waals surface area contributed by atoms with Crippen molar-refractivity contribution in [2.75, 3.05) is 12.9 Å². The highest BCUT2D eigenvalue weighted by Gasteiger charge is 2.22. The molecule has 0 atom stereocenters. The first-order chi connectivity index (χ1) is 17.7. The maximum atomic E-state index is 13.1. The molecule has 0 aliphatic rings. The lowest BCUT2D eigenvalue weighted by molar-refractivity contribution is -0.119. The molecular formula is C28H24N4O3S. The van der Waals surface area contributed by atoms with Crippen molar-refractivity contribution in [3.63, 3.8) is 0 Å². The second kappa shape index (κ2) is 11.0. The Kier molecular flexibility index (Phi) is 7.14. The molecule has 0 unspecified atom stereocenters. The number of ether oxygens (including phenoxy) is 1. The molecular weight excluding hydrogens is 472 g/mol. The third kappa shape index (κ3) is 5.04. The normalized spacial score (nSPS) is 10.9. The summed E-state index contributed by atoms with van der Waals surface area (Å²) in [5.41, 5.74) is 2.78. The maximum Gasteiger partial charge on any atom is 0.231 e. The van der Waals surface area contributed by atoms with Crippen molar-refractivity contribution in [2.24, 2.45) is 0 Å². The van der Waals surface area contributed by atoms with E-state index in [0.717, 1.165) is 16.8 Å². The van der Waals surface area contributed by atoms with E-state index in [2.05, 4.69) is 15.5 Å². The number of furan rings is 1. The van der Waals surface area contributed by atoms with Crippen LogP contribution in [-0.2, 0) is 4.79 Å². The number of carbonyl (C=O) groups is 1. The number of methoxy groups -OCH3 is 1. The Morgan fingerprint density at radius 1 is 0.917 bits per heavy atom. The highest BCUT2D eigenvalue weighted by Crippen LogP contribution is 2.32. The fourth-order valence-electron chi connectivity index (χ4n) is 3.94. The number of hydrogen-bond acceptors (Lipinski definition) is 6. The molecule has 5 aromatic rings. The van der Waals surface area contributed by atoms with E-state index in [1.807, 2.05) is 95.6 Å². The minimum atomic E-state index is -0.258. The van der Waals surface area contributed by atoms with Gasteiger partial charge in [0, 0.05) is 0 Å². The second-order valence-corrected chi connectivity index (χ2v) is 8.84. The molecule has 1 N–H and O–H groups in total. The van der Waals surface area contributed by atoms with Crippen molar-refractivity contribution in [2.45, 2.75) is 11.2 Å². The van der Waals surface area contributed by atoms with Gasteiger partial charge in [-0.2, -0.15) is 0 Å². The zero-order chi connectivity index (χ0) is 24.7. The second-order valence-electron chi connectivity index (χ2n) is 7.90. The molecule has 0 fully saturated rings. The Balaban J connectivity index is 1.41. The molecule has 5 rings (SSSR count). The Bertz CT molecular complexity index is 1380. The molecule has 0 aliphatic carbocycles. The molecule has 0 saturated carbocycles. The minimum Gasteiger partial charge on any atom is -0.495 e. The van der Waals surface area contributed by atoms with Crippen LogP contribution in [0.1, 0.15) is 17.2 Å². The fourth-order valence-corrected chi connectivity index (χ4v) is 4.70. The van der Waals surface area contributed by atoms with Crippen LogP contribution in [0.2, 0.25) is 0 Å². The highest BCUT2D eigenvalue weighted by atomic mass is 32.2. The van der Waals surface area contributed by atoms with E-state index < -0.39 is 0 Å². The summed E-state index contributed by atoms with van der Waals surface area (Å²) in [6.45, 7) is 0. The van der Waals surface area contributed by atoms with E-state index in [0.29, 0.717) is 22.5 Å². The Hall–Kier alpha value is -4.30. The number of para-hydroxylation sites is 2. The standard InChI is InChI=1S/C28H24N4O3S/c1-34-23-16-9-8-15-22(23)32-27(24-17-10-18-35-24)30-31-28(32)36-19-25(33)29-26(20-11-4-2-5-12-20)21-13-6-3-7-14-21/h2-18,26H,19H2,1H3,(H,29,33). The third-order valence-electron chi connectivity index (χ3n) is 5.60. The zero-order valence-electron chi connectivity index (χ0n) is 19.6. The molecule has 180 valence electrons. The third-order valence-corrected chi connectivity index (χ3v) is 6.53. The van der Waals surface area contributed by atoms with Crippen LogP contribution in [0.4, 0.5) is 0 Å². The van der Waals surface area contributed by atoms with Crippen molar-refractivity contribution < 1.29 is 13.9 Å². The molecule has 2 aromatic heterocycles. The van der Waals surface area contributed by atoms with Gasteiger partial charge in [-0.15, -0.1) is 10.2 Å². The molecule has 7 nitrogen and oxygen atoms in total. The van der Waals surface area contributed by atoms with E-state index >= 15 is 0 Å². The van der Waals surface area contributed by atoms with E-state index in [1.54, 1.807) is 19.4 Å². The Labute approximate surface area is 213 Å². The molecule has 2 heterocycles. The largest absolute Gasteiger partial charge is 0.495 e. The van der Waals surface area contributed by atoms with E-state index in [4.69, 9.17) is 9.15 Å². The summed E-state index contributed by atoms with van der Waals surface area (Å²) in [4.78, 5) is 13.1. The smallest absolute Gasteiger partial charge is 0.231 e. The molecule has 0 spiro atoms. The minimum absolute atomic E-state index is 0.119. The quantitative estimate of drug-likeness (QED) is 0.270. The summed E-state index contributed by atoms with van der Waals surface area (Å²) in [5, 5.41) is 12.5. The van der Waals surface area contributed by atoms with Gasteiger partial charge in [0.15, 0.2) is 10.9 Å². The predicted molar refractivity (Wildman–Crippen MR) is 139 cm³/mol. The number of thioether (sulfide) groups is 1. The van der Waals surface area contributed by atoms with E-state index in [-0.39, 0.29) is 17.7 Å². The summed E-state index contributed by atoms with van der Waals surface area (Å²) in [6, 6.07) is 30.8.